The normalized spacial score (nSPS) is 78.6. The standard InChI is InChI=1S/C35H48/c1-18-14-34-28-26-11-7-19(24-5-3-2-4-20(18)15-31(24,26)34)6-9-23-25-10-8-21-16-32(25)27(23)29-30(28)33(34)13-12-22(21)17-35(29,32)33/h18-30H,2-17H2,1H3. The second-order valence-electron chi connectivity index (χ2n) is 18.0. The van der Waals surface area contributed by atoms with Gasteiger partial charge in [0.25, 0.3) is 0 Å². The second-order valence-corrected chi connectivity index (χ2v) is 18.0. The van der Waals surface area contributed by atoms with E-state index in [1.165, 1.54) is 59.2 Å². The van der Waals surface area contributed by atoms with Crippen molar-refractivity contribution in [2.24, 2.45) is 104 Å². The van der Waals surface area contributed by atoms with Crippen molar-refractivity contribution in [1.29, 1.82) is 0 Å². The van der Waals surface area contributed by atoms with Crippen molar-refractivity contribution in [1.82, 2.24) is 0 Å². The van der Waals surface area contributed by atoms with Gasteiger partial charge in [0.15, 0.2) is 0 Å². The van der Waals surface area contributed by atoms with Crippen LogP contribution in [0.1, 0.15) is 110 Å². The van der Waals surface area contributed by atoms with E-state index in [1.807, 2.05) is 0 Å². The molecule has 0 aliphatic heterocycles. The van der Waals surface area contributed by atoms with Gasteiger partial charge in [0.05, 0.1) is 0 Å². The molecule has 13 bridgehead atoms. The predicted molar refractivity (Wildman–Crippen MR) is 137 cm³/mol. The third kappa shape index (κ3) is 1.33. The zero-order valence-corrected chi connectivity index (χ0v) is 22.3. The molecule has 14 aliphatic rings. The van der Waals surface area contributed by atoms with E-state index in [9.17, 15) is 0 Å². The van der Waals surface area contributed by atoms with Crippen molar-refractivity contribution in [2.45, 2.75) is 110 Å². The maximum absolute atomic E-state index is 2.79. The lowest BCUT2D eigenvalue weighted by Gasteiger charge is -3.09. The Hall–Kier alpha value is 0. The van der Waals surface area contributed by atoms with E-state index in [1.54, 1.807) is 103 Å². The molecule has 0 aromatic carbocycles. The van der Waals surface area contributed by atoms with Gasteiger partial charge in [-0.25, -0.2) is 0 Å². The van der Waals surface area contributed by atoms with Crippen LogP contribution >= 0.6 is 0 Å². The summed E-state index contributed by atoms with van der Waals surface area (Å²) in [6.45, 7) is 2.79. The molecule has 0 radical (unpaired) electrons. The molecule has 0 amide bonds. The molecule has 18 atom stereocenters. The predicted octanol–water partition coefficient (Wildman–Crippen LogP) is 8.35. The summed E-state index contributed by atoms with van der Waals surface area (Å²) in [4.78, 5) is 0. The lowest BCUT2D eigenvalue weighted by molar-refractivity contribution is -0.625. The van der Waals surface area contributed by atoms with Gasteiger partial charge in [0.1, 0.15) is 0 Å². The summed E-state index contributed by atoms with van der Waals surface area (Å²) >= 11 is 0. The molecule has 14 rings (SSSR count). The molecule has 14 aliphatic carbocycles. The molecular formula is C35H48. The first kappa shape index (κ1) is 19.1. The SMILES string of the molecule is CC1CC23C4C5CCC(CCC6C7CCC8CC79C6C6C4C24CCC8CC694)C2CCCCC1CC253. The summed E-state index contributed by atoms with van der Waals surface area (Å²) < 4.78 is 0. The van der Waals surface area contributed by atoms with Gasteiger partial charge in [-0.05, 0) is 187 Å². The van der Waals surface area contributed by atoms with Gasteiger partial charge in [-0.1, -0.05) is 26.2 Å². The molecule has 0 saturated heterocycles. The minimum atomic E-state index is 0.846. The van der Waals surface area contributed by atoms with Crippen LogP contribution in [0.15, 0.2) is 0 Å². The fourth-order valence-corrected chi connectivity index (χ4v) is 20.1. The summed E-state index contributed by atoms with van der Waals surface area (Å²) in [6, 6.07) is 0. The van der Waals surface area contributed by atoms with Gasteiger partial charge in [0.2, 0.25) is 0 Å². The van der Waals surface area contributed by atoms with Crippen molar-refractivity contribution < 1.29 is 0 Å². The van der Waals surface area contributed by atoms with E-state index in [0.29, 0.717) is 0 Å². The van der Waals surface area contributed by atoms with E-state index < -0.39 is 0 Å². The smallest absolute Gasteiger partial charge is 0.0133 e. The van der Waals surface area contributed by atoms with Gasteiger partial charge in [-0.15, -0.1) is 0 Å². The van der Waals surface area contributed by atoms with Crippen LogP contribution in [0.25, 0.3) is 0 Å². The lowest BCUT2D eigenvalue weighted by atomic mass is 8.95. The van der Waals surface area contributed by atoms with Gasteiger partial charge < -0.3 is 0 Å². The Morgan fingerprint density at radius 2 is 1.20 bits per heavy atom. The molecule has 0 heteroatoms. The van der Waals surface area contributed by atoms with Crippen LogP contribution in [0.3, 0.4) is 0 Å². The molecule has 0 heterocycles. The van der Waals surface area contributed by atoms with Crippen molar-refractivity contribution in [2.75, 3.05) is 0 Å². The monoisotopic (exact) mass is 468 g/mol. The first-order chi connectivity index (χ1) is 17.2. The molecule has 0 aromatic rings. The van der Waals surface area contributed by atoms with Crippen LogP contribution in [-0.4, -0.2) is 0 Å². The largest absolute Gasteiger partial charge is 0.0622 e. The molecule has 5 spiro atoms. The molecular weight excluding hydrogens is 420 g/mol. The summed E-state index contributed by atoms with van der Waals surface area (Å²) in [6.07, 6.45) is 27.0. The Bertz CT molecular complexity index is 1090. The maximum atomic E-state index is 2.79. The third-order valence-corrected chi connectivity index (χ3v) is 19.4. The molecule has 35 heavy (non-hydrogen) atoms. The number of fused-ring (bicyclic) bond motifs is 5. The third-order valence-electron chi connectivity index (χ3n) is 19.4. The van der Waals surface area contributed by atoms with Crippen molar-refractivity contribution >= 4 is 0 Å². The number of rotatable bonds is 0. The van der Waals surface area contributed by atoms with Gasteiger partial charge in [0, 0.05) is 0 Å². The quantitative estimate of drug-likeness (QED) is 0.335. The maximum Gasteiger partial charge on any atom is -0.0133 e. The van der Waals surface area contributed by atoms with Crippen molar-refractivity contribution in [3.05, 3.63) is 0 Å². The van der Waals surface area contributed by atoms with Gasteiger partial charge >= 0.3 is 0 Å². The Morgan fingerprint density at radius 1 is 0.457 bits per heavy atom. The Kier molecular flexibility index (Phi) is 2.80. The molecule has 188 valence electrons. The van der Waals surface area contributed by atoms with E-state index in [2.05, 4.69) is 6.92 Å². The molecule has 18 unspecified atom stereocenters. The fourth-order valence-electron chi connectivity index (χ4n) is 20.1. The highest BCUT2D eigenvalue weighted by atomic mass is 15.1. The summed E-state index contributed by atoms with van der Waals surface area (Å²) in [5.41, 5.74) is 4.41. The zero-order valence-electron chi connectivity index (χ0n) is 22.3. The first-order valence-electron chi connectivity index (χ1n) is 17.2. The van der Waals surface area contributed by atoms with Crippen LogP contribution < -0.4 is 0 Å². The lowest BCUT2D eigenvalue weighted by Crippen LogP contribution is -3.05. The summed E-state index contributed by atoms with van der Waals surface area (Å²) in [5.74, 6) is 15.4. The molecule has 0 aromatic heterocycles. The zero-order chi connectivity index (χ0) is 22.3. The molecule has 0 nitrogen and oxygen atoms in total. The number of hydrogen-bond donors (Lipinski definition) is 0. The average molecular weight is 469 g/mol. The highest BCUT2D eigenvalue weighted by Gasteiger charge is 3.07. The van der Waals surface area contributed by atoms with E-state index in [4.69, 9.17) is 0 Å². The van der Waals surface area contributed by atoms with Crippen LogP contribution in [0.2, 0.25) is 0 Å². The Balaban J connectivity index is 1.16. The van der Waals surface area contributed by atoms with Crippen molar-refractivity contribution in [3.63, 3.8) is 0 Å². The highest BCUT2D eigenvalue weighted by molar-refractivity contribution is 5.53. The van der Waals surface area contributed by atoms with E-state index in [0.717, 1.165) is 44.8 Å². The summed E-state index contributed by atoms with van der Waals surface area (Å²) in [7, 11) is 0. The minimum absolute atomic E-state index is 0.846. The van der Waals surface area contributed by atoms with Gasteiger partial charge in [-0.2, -0.15) is 0 Å². The van der Waals surface area contributed by atoms with Crippen molar-refractivity contribution in [3.8, 4) is 0 Å². The minimum Gasteiger partial charge on any atom is -0.0622 e. The Labute approximate surface area is 213 Å². The fraction of sp³-hybridized carbons (Fsp3) is 1.00. The molecule has 14 fully saturated rings. The number of hydrogen-bond acceptors (Lipinski definition) is 0. The summed E-state index contributed by atoms with van der Waals surface area (Å²) in [5, 5.41) is 0. The Morgan fingerprint density at radius 3 is 2.17 bits per heavy atom. The molecule has 0 N–H and O–H groups in total. The van der Waals surface area contributed by atoms with E-state index >= 15 is 0 Å². The second kappa shape index (κ2) is 5.12. The van der Waals surface area contributed by atoms with Gasteiger partial charge in [-0.3, -0.25) is 0 Å². The van der Waals surface area contributed by atoms with Crippen LogP contribution in [0, 0.1) is 104 Å². The topological polar surface area (TPSA) is 0 Å². The molecule has 14 saturated carbocycles. The van der Waals surface area contributed by atoms with Crippen LogP contribution in [0.4, 0.5) is 0 Å². The highest BCUT2D eigenvalue weighted by Crippen LogP contribution is 3.11. The van der Waals surface area contributed by atoms with E-state index in [-0.39, 0.29) is 0 Å². The average Bonchev–Trinajstić information content (AvgIpc) is 2.85. The van der Waals surface area contributed by atoms with Crippen LogP contribution in [0.5, 0.6) is 0 Å². The first-order valence-corrected chi connectivity index (χ1v) is 17.2. The van der Waals surface area contributed by atoms with Crippen LogP contribution in [-0.2, 0) is 0 Å².